The van der Waals surface area contributed by atoms with E-state index < -0.39 is 15.8 Å². The van der Waals surface area contributed by atoms with Crippen LogP contribution in [-0.4, -0.2) is 49.8 Å². The molecule has 6 heteroatoms. The van der Waals surface area contributed by atoms with Crippen LogP contribution in [0, 0.1) is 12.7 Å². The number of sulfonamides is 1. The van der Waals surface area contributed by atoms with Gasteiger partial charge in [0.25, 0.3) is 0 Å². The van der Waals surface area contributed by atoms with Crippen molar-refractivity contribution in [2.45, 2.75) is 37.8 Å². The Bertz CT molecular complexity index is 603. The molecular formula is C14H21FN2O2S. The van der Waals surface area contributed by atoms with Crippen LogP contribution in [-0.2, 0) is 10.0 Å². The van der Waals surface area contributed by atoms with Gasteiger partial charge in [0, 0.05) is 25.2 Å². The van der Waals surface area contributed by atoms with E-state index in [2.05, 4.69) is 4.90 Å². The third-order valence-corrected chi connectivity index (χ3v) is 6.21. The maximum absolute atomic E-state index is 14.0. The standard InChI is InChI=1S/C14H21FN2O2S/c1-10-5-6-14(13(15)9-10)20(18,19)17-8-7-16(4)11(2)12(17)3/h5-6,9,11-12H,7-8H2,1-4H3/t11-,12-/m0/s1. The highest BCUT2D eigenvalue weighted by molar-refractivity contribution is 7.89. The van der Waals surface area contributed by atoms with Crippen molar-refractivity contribution in [3.63, 3.8) is 0 Å². The Morgan fingerprint density at radius 2 is 1.85 bits per heavy atom. The number of benzene rings is 1. The van der Waals surface area contributed by atoms with Crippen LogP contribution in [0.1, 0.15) is 19.4 Å². The average Bonchev–Trinajstić information content (AvgIpc) is 2.35. The summed E-state index contributed by atoms with van der Waals surface area (Å²) in [4.78, 5) is 1.88. The minimum Gasteiger partial charge on any atom is -0.301 e. The van der Waals surface area contributed by atoms with Crippen molar-refractivity contribution in [3.8, 4) is 0 Å². The second-order valence-electron chi connectivity index (χ2n) is 5.51. The first-order valence-corrected chi connectivity index (χ1v) is 8.17. The summed E-state index contributed by atoms with van der Waals surface area (Å²) in [5.74, 6) is -0.677. The molecule has 4 nitrogen and oxygen atoms in total. The zero-order chi connectivity index (χ0) is 15.1. The number of likely N-dealkylation sites (N-methyl/N-ethyl adjacent to an activating group) is 1. The van der Waals surface area contributed by atoms with E-state index in [1.165, 1.54) is 16.4 Å². The van der Waals surface area contributed by atoms with E-state index in [4.69, 9.17) is 0 Å². The lowest BCUT2D eigenvalue weighted by atomic mass is 10.1. The van der Waals surface area contributed by atoms with Gasteiger partial charge < -0.3 is 4.90 Å². The molecule has 2 atom stereocenters. The van der Waals surface area contributed by atoms with Crippen LogP contribution in [0.15, 0.2) is 23.1 Å². The van der Waals surface area contributed by atoms with Crippen LogP contribution in [0.4, 0.5) is 4.39 Å². The van der Waals surface area contributed by atoms with E-state index >= 15 is 0 Å². The Morgan fingerprint density at radius 3 is 2.45 bits per heavy atom. The molecule has 1 heterocycles. The van der Waals surface area contributed by atoms with E-state index in [-0.39, 0.29) is 17.0 Å². The van der Waals surface area contributed by atoms with Crippen molar-refractivity contribution in [3.05, 3.63) is 29.6 Å². The lowest BCUT2D eigenvalue weighted by Gasteiger charge is -2.42. The third kappa shape index (κ3) is 2.60. The largest absolute Gasteiger partial charge is 0.301 e. The Labute approximate surface area is 120 Å². The molecule has 0 spiro atoms. The van der Waals surface area contributed by atoms with Gasteiger partial charge >= 0.3 is 0 Å². The summed E-state index contributed by atoms with van der Waals surface area (Å²) in [6.45, 7) is 6.62. The van der Waals surface area contributed by atoms with Crippen LogP contribution < -0.4 is 0 Å². The Morgan fingerprint density at radius 1 is 1.20 bits per heavy atom. The number of hydrogen-bond acceptors (Lipinski definition) is 3. The summed E-state index contributed by atoms with van der Waals surface area (Å²) in [6, 6.07) is 4.17. The quantitative estimate of drug-likeness (QED) is 0.837. The molecule has 0 aromatic heterocycles. The summed E-state index contributed by atoms with van der Waals surface area (Å²) in [6.07, 6.45) is 0. The smallest absolute Gasteiger partial charge is 0.246 e. The first-order chi connectivity index (χ1) is 9.25. The van der Waals surface area contributed by atoms with Crippen molar-refractivity contribution < 1.29 is 12.8 Å². The second kappa shape index (κ2) is 5.42. The molecule has 20 heavy (non-hydrogen) atoms. The molecule has 1 fully saturated rings. The summed E-state index contributed by atoms with van der Waals surface area (Å²) >= 11 is 0. The molecule has 0 aliphatic carbocycles. The Hall–Kier alpha value is -0.980. The molecule has 1 aliphatic heterocycles. The van der Waals surface area contributed by atoms with Crippen molar-refractivity contribution in [1.29, 1.82) is 0 Å². The van der Waals surface area contributed by atoms with E-state index in [1.807, 2.05) is 20.9 Å². The van der Waals surface area contributed by atoms with E-state index in [9.17, 15) is 12.8 Å². The van der Waals surface area contributed by atoms with Crippen LogP contribution in [0.25, 0.3) is 0 Å². The molecule has 1 aromatic rings. The van der Waals surface area contributed by atoms with Gasteiger partial charge in [-0.25, -0.2) is 12.8 Å². The number of aryl methyl sites for hydroxylation is 1. The monoisotopic (exact) mass is 300 g/mol. The second-order valence-corrected chi connectivity index (χ2v) is 7.37. The number of piperazine rings is 1. The van der Waals surface area contributed by atoms with Crippen molar-refractivity contribution in [2.75, 3.05) is 20.1 Å². The summed E-state index contributed by atoms with van der Waals surface area (Å²) in [5, 5.41) is 0. The molecule has 0 unspecified atom stereocenters. The van der Waals surface area contributed by atoms with Crippen LogP contribution in [0.5, 0.6) is 0 Å². The molecular weight excluding hydrogens is 279 g/mol. The fraction of sp³-hybridized carbons (Fsp3) is 0.571. The van der Waals surface area contributed by atoms with Gasteiger partial charge in [0.15, 0.2) is 0 Å². The molecule has 0 radical (unpaired) electrons. The number of nitrogens with zero attached hydrogens (tertiary/aromatic N) is 2. The van der Waals surface area contributed by atoms with Gasteiger partial charge in [-0.1, -0.05) is 6.07 Å². The topological polar surface area (TPSA) is 40.6 Å². The van der Waals surface area contributed by atoms with Crippen LogP contribution in [0.3, 0.4) is 0 Å². The number of rotatable bonds is 2. The third-order valence-electron chi connectivity index (χ3n) is 4.19. The van der Waals surface area contributed by atoms with Crippen molar-refractivity contribution in [2.24, 2.45) is 0 Å². The van der Waals surface area contributed by atoms with Gasteiger partial charge in [0.2, 0.25) is 10.0 Å². The highest BCUT2D eigenvalue weighted by Crippen LogP contribution is 2.26. The number of hydrogen-bond donors (Lipinski definition) is 0. The zero-order valence-corrected chi connectivity index (χ0v) is 13.1. The van der Waals surface area contributed by atoms with Crippen LogP contribution >= 0.6 is 0 Å². The molecule has 0 N–H and O–H groups in total. The molecule has 0 saturated carbocycles. The lowest BCUT2D eigenvalue weighted by molar-refractivity contribution is 0.109. The first-order valence-electron chi connectivity index (χ1n) is 6.73. The van der Waals surface area contributed by atoms with Gasteiger partial charge in [0.05, 0.1) is 0 Å². The van der Waals surface area contributed by atoms with Gasteiger partial charge in [-0.15, -0.1) is 0 Å². The SMILES string of the molecule is Cc1ccc(S(=O)(=O)N2CCN(C)[C@@H](C)[C@@H]2C)c(F)c1. The Balaban J connectivity index is 2.40. The van der Waals surface area contributed by atoms with Crippen molar-refractivity contribution in [1.82, 2.24) is 9.21 Å². The fourth-order valence-corrected chi connectivity index (χ4v) is 4.29. The van der Waals surface area contributed by atoms with E-state index in [0.717, 1.165) is 0 Å². The summed E-state index contributed by atoms with van der Waals surface area (Å²) in [5.41, 5.74) is 0.709. The molecule has 2 rings (SSSR count). The normalized spacial score (nSPS) is 25.9. The van der Waals surface area contributed by atoms with Gasteiger partial charge in [-0.3, -0.25) is 0 Å². The fourth-order valence-electron chi connectivity index (χ4n) is 2.55. The molecule has 0 bridgehead atoms. The molecule has 1 aliphatic rings. The van der Waals surface area contributed by atoms with E-state index in [0.29, 0.717) is 18.7 Å². The highest BCUT2D eigenvalue weighted by atomic mass is 32.2. The predicted molar refractivity (Wildman–Crippen MR) is 76.6 cm³/mol. The zero-order valence-electron chi connectivity index (χ0n) is 12.3. The predicted octanol–water partition coefficient (Wildman–Crippen LogP) is 1.85. The van der Waals surface area contributed by atoms with Gasteiger partial charge in [0.1, 0.15) is 10.7 Å². The van der Waals surface area contributed by atoms with Crippen molar-refractivity contribution >= 4 is 10.0 Å². The van der Waals surface area contributed by atoms with E-state index in [1.54, 1.807) is 13.0 Å². The average molecular weight is 300 g/mol. The van der Waals surface area contributed by atoms with Crippen LogP contribution in [0.2, 0.25) is 0 Å². The maximum Gasteiger partial charge on any atom is 0.246 e. The molecule has 0 amide bonds. The minimum atomic E-state index is -3.78. The molecule has 112 valence electrons. The number of halogens is 1. The minimum absolute atomic E-state index is 0.104. The first kappa shape index (κ1) is 15.4. The summed E-state index contributed by atoms with van der Waals surface area (Å²) in [7, 11) is -1.81. The Kier molecular flexibility index (Phi) is 4.18. The molecule has 1 saturated heterocycles. The van der Waals surface area contributed by atoms with Gasteiger partial charge in [-0.05, 0) is 45.5 Å². The lowest BCUT2D eigenvalue weighted by Crippen LogP contribution is -2.57. The molecule has 1 aromatic carbocycles. The highest BCUT2D eigenvalue weighted by Gasteiger charge is 2.37. The maximum atomic E-state index is 14.0. The summed E-state index contributed by atoms with van der Waals surface area (Å²) < 4.78 is 40.7. The van der Waals surface area contributed by atoms with Gasteiger partial charge in [-0.2, -0.15) is 4.31 Å².